The molecule has 32 heavy (non-hydrogen) atoms. The van der Waals surface area contributed by atoms with Gasteiger partial charge in [0, 0.05) is 10.3 Å². The largest absolute Gasteiger partial charge is 0.316 e. The van der Waals surface area contributed by atoms with Crippen molar-refractivity contribution in [3.05, 3.63) is 51.2 Å². The fourth-order valence-corrected chi connectivity index (χ4v) is 6.98. The van der Waals surface area contributed by atoms with Crippen LogP contribution in [0.2, 0.25) is 0 Å². The Hall–Kier alpha value is -2.67. The number of rotatable bonds is 5. The highest BCUT2D eigenvalue weighted by Crippen LogP contribution is 2.39. The molecule has 0 fully saturated rings. The molecule has 1 amide bonds. The normalized spacial score (nSPS) is 15.5. The van der Waals surface area contributed by atoms with E-state index in [1.165, 1.54) is 33.5 Å². The Morgan fingerprint density at radius 1 is 1.34 bits per heavy atom. The number of benzene rings is 1. The van der Waals surface area contributed by atoms with E-state index < -0.39 is 0 Å². The van der Waals surface area contributed by atoms with Crippen molar-refractivity contribution in [1.82, 2.24) is 14.6 Å². The van der Waals surface area contributed by atoms with E-state index in [4.69, 9.17) is 0 Å². The molecule has 3 heterocycles. The van der Waals surface area contributed by atoms with Crippen molar-refractivity contribution in [3.8, 4) is 17.3 Å². The zero-order chi connectivity index (χ0) is 22.2. The number of carbonyl (C=O) groups excluding carboxylic acids is 1. The average Bonchev–Trinajstić information content (AvgIpc) is 3.46. The minimum atomic E-state index is -0.137. The molecule has 0 saturated heterocycles. The second-order valence-corrected chi connectivity index (χ2v) is 11.0. The van der Waals surface area contributed by atoms with Crippen LogP contribution in [-0.4, -0.2) is 26.3 Å². The van der Waals surface area contributed by atoms with E-state index in [1.54, 1.807) is 11.3 Å². The number of nitrogens with one attached hydrogen (secondary N) is 1. The predicted molar refractivity (Wildman–Crippen MR) is 131 cm³/mol. The third-order valence-corrected chi connectivity index (χ3v) is 8.59. The van der Waals surface area contributed by atoms with E-state index in [-0.39, 0.29) is 11.7 Å². The lowest BCUT2D eigenvalue weighted by molar-refractivity contribution is -0.113. The maximum absolute atomic E-state index is 12.7. The van der Waals surface area contributed by atoms with Gasteiger partial charge in [-0.05, 0) is 43.2 Å². The molecule has 0 bridgehead atoms. The summed E-state index contributed by atoms with van der Waals surface area (Å²) in [6.07, 6.45) is 2.99. The van der Waals surface area contributed by atoms with Gasteiger partial charge in [-0.1, -0.05) is 48.5 Å². The zero-order valence-corrected chi connectivity index (χ0v) is 20.2. The Kier molecular flexibility index (Phi) is 5.76. The molecular formula is C23H21N5OS3. The summed E-state index contributed by atoms with van der Waals surface area (Å²) in [5.74, 6) is 0.686. The molecule has 0 aliphatic heterocycles. The standard InChI is InChI=1S/C23H21N5OS3/c1-13-3-6-15(7-4-13)18-11-30-22-26-27-23(28(18)22)31-12-20(29)25-21-17(10-24)16-8-5-14(2)9-19(16)32-21/h3-4,6-7,11,14H,5,8-9,12H2,1-2H3,(H,25,29). The predicted octanol–water partition coefficient (Wildman–Crippen LogP) is 5.56. The van der Waals surface area contributed by atoms with Gasteiger partial charge >= 0.3 is 0 Å². The molecule has 9 heteroatoms. The first-order valence-electron chi connectivity index (χ1n) is 10.4. The fraction of sp³-hybridized carbons (Fsp3) is 0.304. The van der Waals surface area contributed by atoms with Crippen LogP contribution in [0.15, 0.2) is 34.8 Å². The number of hydrogen-bond donors (Lipinski definition) is 1. The number of anilines is 1. The highest BCUT2D eigenvalue weighted by atomic mass is 32.2. The van der Waals surface area contributed by atoms with Gasteiger partial charge in [-0.3, -0.25) is 9.20 Å². The summed E-state index contributed by atoms with van der Waals surface area (Å²) in [5, 5.41) is 24.6. The SMILES string of the molecule is Cc1ccc(-c2csc3nnc(SCC(=O)Nc4sc5c(c4C#N)CCC(C)C5)n23)cc1. The average molecular weight is 480 g/mol. The molecule has 1 aliphatic carbocycles. The summed E-state index contributed by atoms with van der Waals surface area (Å²) < 4.78 is 2.00. The highest BCUT2D eigenvalue weighted by Gasteiger charge is 2.25. The van der Waals surface area contributed by atoms with E-state index in [1.807, 2.05) is 4.40 Å². The number of thiophene rings is 1. The van der Waals surface area contributed by atoms with Gasteiger partial charge in [0.25, 0.3) is 0 Å². The summed E-state index contributed by atoms with van der Waals surface area (Å²) in [6.45, 7) is 4.30. The van der Waals surface area contributed by atoms with Crippen LogP contribution < -0.4 is 5.32 Å². The minimum absolute atomic E-state index is 0.137. The number of fused-ring (bicyclic) bond motifs is 2. The summed E-state index contributed by atoms with van der Waals surface area (Å²) in [7, 11) is 0. The van der Waals surface area contributed by atoms with Crippen molar-refractivity contribution in [2.24, 2.45) is 5.92 Å². The first kappa shape index (κ1) is 21.2. The number of thiazole rings is 1. The topological polar surface area (TPSA) is 83.1 Å². The number of nitrogens with zero attached hydrogens (tertiary/aromatic N) is 4. The van der Waals surface area contributed by atoms with E-state index >= 15 is 0 Å². The minimum Gasteiger partial charge on any atom is -0.316 e. The summed E-state index contributed by atoms with van der Waals surface area (Å²) in [5.41, 5.74) is 5.07. The molecule has 6 nitrogen and oxygen atoms in total. The lowest BCUT2D eigenvalue weighted by atomic mass is 9.89. The molecular weight excluding hydrogens is 458 g/mol. The Balaban J connectivity index is 1.33. The Morgan fingerprint density at radius 2 is 2.16 bits per heavy atom. The monoisotopic (exact) mass is 479 g/mol. The van der Waals surface area contributed by atoms with Crippen molar-refractivity contribution in [1.29, 1.82) is 5.26 Å². The molecule has 1 N–H and O–H groups in total. The van der Waals surface area contributed by atoms with Gasteiger partial charge in [0.1, 0.15) is 11.1 Å². The number of thioether (sulfide) groups is 1. The number of carbonyl (C=O) groups is 1. The number of aryl methyl sites for hydroxylation is 1. The van der Waals surface area contributed by atoms with Crippen LogP contribution in [0.4, 0.5) is 5.00 Å². The molecule has 0 radical (unpaired) electrons. The molecule has 1 aromatic carbocycles. The lowest BCUT2D eigenvalue weighted by Gasteiger charge is -2.17. The van der Waals surface area contributed by atoms with Crippen molar-refractivity contribution in [2.75, 3.05) is 11.1 Å². The summed E-state index contributed by atoms with van der Waals surface area (Å²) >= 11 is 4.44. The first-order chi connectivity index (χ1) is 15.5. The Labute approximate surface area is 198 Å². The van der Waals surface area contributed by atoms with Crippen molar-refractivity contribution < 1.29 is 4.79 Å². The molecule has 1 atom stereocenters. The van der Waals surface area contributed by atoms with Crippen molar-refractivity contribution >= 4 is 50.3 Å². The molecule has 0 spiro atoms. The van der Waals surface area contributed by atoms with Gasteiger partial charge in [-0.25, -0.2) is 0 Å². The molecule has 1 unspecified atom stereocenters. The summed E-state index contributed by atoms with van der Waals surface area (Å²) in [6, 6.07) is 10.6. The summed E-state index contributed by atoms with van der Waals surface area (Å²) in [4.78, 5) is 14.8. The smallest absolute Gasteiger partial charge is 0.235 e. The van der Waals surface area contributed by atoms with Crippen molar-refractivity contribution in [2.45, 2.75) is 38.3 Å². The highest BCUT2D eigenvalue weighted by molar-refractivity contribution is 7.99. The van der Waals surface area contributed by atoms with E-state index in [0.29, 0.717) is 21.6 Å². The van der Waals surface area contributed by atoms with Crippen molar-refractivity contribution in [3.63, 3.8) is 0 Å². The van der Waals surface area contributed by atoms with Crippen LogP contribution in [-0.2, 0) is 17.6 Å². The van der Waals surface area contributed by atoms with Crippen LogP contribution in [0.3, 0.4) is 0 Å². The van der Waals surface area contributed by atoms with Gasteiger partial charge in [0.05, 0.1) is 17.0 Å². The second-order valence-electron chi connectivity index (χ2n) is 8.09. The number of hydrogen-bond acceptors (Lipinski definition) is 7. The van der Waals surface area contributed by atoms with Crippen LogP contribution in [0.5, 0.6) is 0 Å². The quantitative estimate of drug-likeness (QED) is 0.379. The number of aromatic nitrogens is 3. The second kappa shape index (κ2) is 8.70. The molecule has 3 aromatic heterocycles. The van der Waals surface area contributed by atoms with Gasteiger partial charge in [0.2, 0.25) is 10.9 Å². The number of amides is 1. The molecule has 5 rings (SSSR count). The lowest BCUT2D eigenvalue weighted by Crippen LogP contribution is -2.14. The third-order valence-electron chi connectivity index (χ3n) is 5.68. The van der Waals surface area contributed by atoms with E-state index in [9.17, 15) is 10.1 Å². The third kappa shape index (κ3) is 3.94. The molecule has 4 aromatic rings. The van der Waals surface area contributed by atoms with Crippen LogP contribution in [0, 0.1) is 24.2 Å². The fourth-order valence-electron chi connectivity index (χ4n) is 3.97. The van der Waals surface area contributed by atoms with Crippen LogP contribution >= 0.6 is 34.4 Å². The van der Waals surface area contributed by atoms with Gasteiger partial charge in [-0.2, -0.15) is 5.26 Å². The number of nitriles is 1. The molecule has 1 aliphatic rings. The van der Waals surface area contributed by atoms with Gasteiger partial charge in [0.15, 0.2) is 5.16 Å². The van der Waals surface area contributed by atoms with E-state index in [2.05, 4.69) is 65.1 Å². The van der Waals surface area contributed by atoms with Crippen LogP contribution in [0.25, 0.3) is 16.2 Å². The maximum atomic E-state index is 12.7. The first-order valence-corrected chi connectivity index (χ1v) is 13.1. The van der Waals surface area contributed by atoms with Crippen LogP contribution in [0.1, 0.15) is 34.9 Å². The maximum Gasteiger partial charge on any atom is 0.235 e. The zero-order valence-electron chi connectivity index (χ0n) is 17.7. The molecule has 162 valence electrons. The van der Waals surface area contributed by atoms with Gasteiger partial charge in [-0.15, -0.1) is 32.9 Å². The Bertz CT molecular complexity index is 1340. The Morgan fingerprint density at radius 3 is 2.94 bits per heavy atom. The van der Waals surface area contributed by atoms with Gasteiger partial charge < -0.3 is 5.32 Å². The van der Waals surface area contributed by atoms with E-state index in [0.717, 1.165) is 41.0 Å². The molecule has 0 saturated carbocycles.